The Morgan fingerprint density at radius 2 is 0.421 bits per heavy atom. The number of hydrogen-bond acceptors (Lipinski definition) is 20. The van der Waals surface area contributed by atoms with Crippen LogP contribution in [0.4, 0.5) is 23.3 Å². The van der Waals surface area contributed by atoms with Gasteiger partial charge in [0.2, 0.25) is 0 Å². The number of rotatable bonds is 15. The molecule has 4 aliphatic heterocycles. The second kappa shape index (κ2) is 53.9. The van der Waals surface area contributed by atoms with Gasteiger partial charge in [-0.15, -0.1) is 0 Å². The number of hydrogen-bond donors (Lipinski definition) is 0. The van der Waals surface area contributed by atoms with Crippen molar-refractivity contribution in [1.82, 2.24) is 39.9 Å². The van der Waals surface area contributed by atoms with E-state index >= 15 is 0 Å². The molecule has 0 unspecified atom stereocenters. The van der Waals surface area contributed by atoms with E-state index in [0.717, 1.165) is 213 Å². The summed E-state index contributed by atoms with van der Waals surface area (Å²) in [6, 6.07) is 115. The van der Waals surface area contributed by atoms with E-state index in [2.05, 4.69) is 303 Å². The standard InChI is InChI=1S/C18H20N2O3.C18H15N.2C17H20N2O.C16H18N2O.C14H13NO2.C13H13N.C12H11N/c1-13-11-16(14-3-5-15(6-4-14)18(21)22-2)19-17(12-13)20-7-9-23-10-8-20;1-14-12-17(15-8-4-2-5-9-15)19-18(13-14)16-10-6-3-7-11-16;1-13-3-5-15(6-4-13)16-11-14(2)12-17(18-16)19-7-9-20-10-8-19;1-13-4-3-5-15(10-13)16-11-14(2)12-17(18-16)19-6-8-20-9-7-19;1-13-11-15(14-5-3-2-4-6-14)17-16(12-13)18-7-9-19-10-8-18;1-10-7-8-15-13(9-10)11-3-5-12(6-4-11)14(16)17-2;1-10-4-3-5-12(8-10)13-9-11(2)6-7-14-13;1-10-7-8-13-12(9-10)11-5-3-2-4-6-11/h3-6,11-12H,7-10H2,1-2H3;2-13H,1H3;3-6,11-12H,7-10H2,1-2H3;3-5,10-12H,6-9H2,1-2H3;2-6,11-12H,7-10H2,1H3;3-9H,1-2H3;3-9H,1-2H3;2-9H,1H3. The lowest BCUT2D eigenvalue weighted by atomic mass is 10.1. The van der Waals surface area contributed by atoms with Crippen LogP contribution in [-0.2, 0) is 28.4 Å². The number of nitrogens with zero attached hydrogens (tertiary/aromatic N) is 12. The van der Waals surface area contributed by atoms with Gasteiger partial charge in [0.05, 0.1) is 129 Å². The number of pyridine rings is 8. The molecule has 9 aromatic carbocycles. The molecule has 4 aliphatic rings. The summed E-state index contributed by atoms with van der Waals surface area (Å²) in [6.07, 6.45) is 5.48. The lowest BCUT2D eigenvalue weighted by molar-refractivity contribution is 0.0592. The zero-order valence-corrected chi connectivity index (χ0v) is 85.5. The fraction of sp³-hybridized carbons (Fsp3) is 0.232. The van der Waals surface area contributed by atoms with Gasteiger partial charge in [-0.25, -0.2) is 34.5 Å². The summed E-state index contributed by atoms with van der Waals surface area (Å²) in [4.78, 5) is 68.9. The molecule has 0 radical (unpaired) electrons. The molecular weight excluding hydrogens is 1800 g/mol. The van der Waals surface area contributed by atoms with Crippen molar-refractivity contribution in [1.29, 1.82) is 0 Å². The van der Waals surface area contributed by atoms with Crippen LogP contribution in [0.2, 0.25) is 0 Å². The number of carbonyl (C=O) groups excluding carboxylic acids is 2. The minimum absolute atomic E-state index is 0.325. The SMILES string of the molecule is COC(=O)c1ccc(-c2cc(C)cc(N3CCOCC3)n2)cc1.COC(=O)c1ccc(-c2cc(C)ccn2)cc1.Cc1cc(-c2ccccc2)nc(-c2ccccc2)c1.Cc1cc(-c2ccccc2)nc(N2CCOCC2)c1.Cc1ccc(-c2cc(C)cc(N3CCOCC3)n2)cc1.Cc1cccc(-c2cc(C)cc(N3CCOCC3)n2)c1.Cc1cccc(-c2cc(C)ccn2)c1.Cc1ccnc(-c2ccccc2)c1. The van der Waals surface area contributed by atoms with Crippen molar-refractivity contribution >= 4 is 35.2 Å². The highest BCUT2D eigenvalue weighted by atomic mass is 16.5. The van der Waals surface area contributed by atoms with Gasteiger partial charge in [0.15, 0.2) is 0 Å². The number of methoxy groups -OCH3 is 2. The van der Waals surface area contributed by atoms with Crippen molar-refractivity contribution in [3.63, 3.8) is 0 Å². The van der Waals surface area contributed by atoms with Crippen LogP contribution in [0.1, 0.15) is 81.9 Å². The van der Waals surface area contributed by atoms with Crippen LogP contribution in [0.25, 0.3) is 101 Å². The smallest absolute Gasteiger partial charge is 0.337 e. The Morgan fingerprint density at radius 3 is 0.697 bits per heavy atom. The number of morpholine rings is 4. The summed E-state index contributed by atoms with van der Waals surface area (Å²) in [7, 11) is 2.76. The molecule has 12 heterocycles. The summed E-state index contributed by atoms with van der Waals surface area (Å²) in [6.45, 7) is 36.5. The van der Waals surface area contributed by atoms with E-state index in [1.807, 2.05) is 141 Å². The van der Waals surface area contributed by atoms with Crippen LogP contribution in [0.3, 0.4) is 0 Å². The predicted molar refractivity (Wildman–Crippen MR) is 590 cm³/mol. The average molecular weight is 1930 g/mol. The number of ether oxygens (including phenoxy) is 6. The minimum Gasteiger partial charge on any atom is -0.465 e. The van der Waals surface area contributed by atoms with Crippen molar-refractivity contribution in [3.8, 4) is 101 Å². The topological polar surface area (TPSA) is 206 Å². The molecule has 0 spiro atoms. The molecule has 0 saturated carbocycles. The number of aromatic nitrogens is 8. The van der Waals surface area contributed by atoms with Gasteiger partial charge in [-0.2, -0.15) is 0 Å². The molecule has 21 rings (SSSR count). The van der Waals surface area contributed by atoms with E-state index in [1.54, 1.807) is 30.5 Å². The van der Waals surface area contributed by atoms with Crippen molar-refractivity contribution in [2.75, 3.05) is 139 Å². The lowest BCUT2D eigenvalue weighted by Crippen LogP contribution is -2.36. The number of carbonyl (C=O) groups is 2. The molecule has 4 fully saturated rings. The van der Waals surface area contributed by atoms with Crippen molar-refractivity contribution in [3.05, 3.63) is 431 Å². The summed E-state index contributed by atoms with van der Waals surface area (Å²) in [5, 5.41) is 0. The molecule has 4 saturated heterocycles. The second-order valence-corrected chi connectivity index (χ2v) is 36.2. The van der Waals surface area contributed by atoms with Gasteiger partial charge in [-0.05, 0) is 254 Å². The van der Waals surface area contributed by atoms with E-state index in [-0.39, 0.29) is 11.9 Å². The molecule has 738 valence electrons. The normalized spacial score (nSPS) is 13.0. The molecule has 0 N–H and O–H groups in total. The zero-order chi connectivity index (χ0) is 102. The van der Waals surface area contributed by atoms with E-state index in [1.165, 1.54) is 92.1 Å². The first-order valence-corrected chi connectivity index (χ1v) is 49.4. The van der Waals surface area contributed by atoms with Gasteiger partial charge in [0, 0.05) is 121 Å². The first kappa shape index (κ1) is 105. The lowest BCUT2D eigenvalue weighted by Gasteiger charge is -2.28. The van der Waals surface area contributed by atoms with Crippen molar-refractivity contribution < 1.29 is 38.0 Å². The van der Waals surface area contributed by atoms with Gasteiger partial charge in [-0.3, -0.25) is 15.0 Å². The molecular formula is C125H130N12O8. The highest BCUT2D eigenvalue weighted by Gasteiger charge is 2.21. The molecule has 20 nitrogen and oxygen atoms in total. The molecule has 0 aliphatic carbocycles. The maximum atomic E-state index is 11.5. The average Bonchev–Trinajstić information content (AvgIpc) is 0.830. The summed E-state index contributed by atoms with van der Waals surface area (Å²) in [5.41, 5.74) is 33.9. The largest absolute Gasteiger partial charge is 0.465 e. The highest BCUT2D eigenvalue weighted by Crippen LogP contribution is 2.32. The molecule has 0 bridgehead atoms. The van der Waals surface area contributed by atoms with Crippen molar-refractivity contribution in [2.45, 2.75) is 76.2 Å². The Kier molecular flexibility index (Phi) is 39.0. The van der Waals surface area contributed by atoms with Crippen LogP contribution in [0, 0.1) is 76.2 Å². The number of aryl methyl sites for hydroxylation is 11. The summed E-state index contributed by atoms with van der Waals surface area (Å²) >= 11 is 0. The molecule has 17 aromatic rings. The number of benzene rings is 9. The van der Waals surface area contributed by atoms with E-state index < -0.39 is 0 Å². The van der Waals surface area contributed by atoms with Crippen LogP contribution in [0.5, 0.6) is 0 Å². The van der Waals surface area contributed by atoms with E-state index in [0.29, 0.717) is 11.1 Å². The van der Waals surface area contributed by atoms with E-state index in [9.17, 15) is 9.59 Å². The fourth-order valence-electron chi connectivity index (χ4n) is 16.6. The van der Waals surface area contributed by atoms with Gasteiger partial charge >= 0.3 is 11.9 Å². The second-order valence-electron chi connectivity index (χ2n) is 36.2. The third kappa shape index (κ3) is 32.1. The van der Waals surface area contributed by atoms with Gasteiger partial charge < -0.3 is 48.0 Å². The molecule has 8 aromatic heterocycles. The predicted octanol–water partition coefficient (Wildman–Crippen LogP) is 26.0. The van der Waals surface area contributed by atoms with Crippen LogP contribution >= 0.6 is 0 Å². The Bertz CT molecular complexity index is 6880. The van der Waals surface area contributed by atoms with Crippen LogP contribution in [0.15, 0.2) is 358 Å². The van der Waals surface area contributed by atoms with E-state index in [4.69, 9.17) is 48.6 Å². The third-order valence-electron chi connectivity index (χ3n) is 24.3. The van der Waals surface area contributed by atoms with Gasteiger partial charge in [0.25, 0.3) is 0 Å². The monoisotopic (exact) mass is 1930 g/mol. The minimum atomic E-state index is -0.331. The Morgan fingerprint density at radius 1 is 0.207 bits per heavy atom. The maximum absolute atomic E-state index is 11.5. The number of esters is 2. The summed E-state index contributed by atoms with van der Waals surface area (Å²) in [5.74, 6) is 3.49. The highest BCUT2D eigenvalue weighted by molar-refractivity contribution is 5.91. The summed E-state index contributed by atoms with van der Waals surface area (Å²) < 4.78 is 31.0. The number of anilines is 4. The Labute approximate surface area is 854 Å². The van der Waals surface area contributed by atoms with Gasteiger partial charge in [0.1, 0.15) is 23.3 Å². The Balaban J connectivity index is 0.000000132. The molecule has 0 amide bonds. The first-order valence-electron chi connectivity index (χ1n) is 49.4. The zero-order valence-electron chi connectivity index (χ0n) is 85.5. The maximum Gasteiger partial charge on any atom is 0.337 e. The molecule has 0 atom stereocenters. The van der Waals surface area contributed by atoms with Crippen LogP contribution in [-0.4, -0.2) is 171 Å². The fourth-order valence-corrected chi connectivity index (χ4v) is 16.6. The van der Waals surface area contributed by atoms with Crippen LogP contribution < -0.4 is 19.6 Å². The first-order chi connectivity index (χ1) is 70.6. The quantitative estimate of drug-likeness (QED) is 0.0875. The third-order valence-corrected chi connectivity index (χ3v) is 24.3. The Hall–Kier alpha value is -15.8. The molecule has 145 heavy (non-hydrogen) atoms. The van der Waals surface area contributed by atoms with Gasteiger partial charge in [-0.1, -0.05) is 223 Å². The van der Waals surface area contributed by atoms with Crippen molar-refractivity contribution in [2.24, 2.45) is 0 Å². The molecule has 20 heteroatoms.